The number of carbonyl (C=O) groups excluding carboxylic acids is 2. The summed E-state index contributed by atoms with van der Waals surface area (Å²) in [5.41, 5.74) is -5.08. The first-order chi connectivity index (χ1) is 21.4. The van der Waals surface area contributed by atoms with E-state index in [4.69, 9.17) is 11.6 Å². The van der Waals surface area contributed by atoms with Gasteiger partial charge in [0.25, 0.3) is 11.8 Å². The van der Waals surface area contributed by atoms with Crippen molar-refractivity contribution in [2.75, 3.05) is 26.0 Å². The van der Waals surface area contributed by atoms with Gasteiger partial charge in [-0.25, -0.2) is 13.6 Å². The maximum absolute atomic E-state index is 14.4. The molecule has 8 nitrogen and oxygen atoms in total. The zero-order valence-corrected chi connectivity index (χ0v) is 24.5. The Morgan fingerprint density at radius 1 is 0.978 bits per heavy atom. The molecule has 4 aromatic rings. The second kappa shape index (κ2) is 11.7. The van der Waals surface area contributed by atoms with Crippen molar-refractivity contribution in [2.24, 2.45) is 0 Å². The Kier molecular flexibility index (Phi) is 8.40. The third-order valence-electron chi connectivity index (χ3n) is 7.25. The number of anilines is 1. The normalized spacial score (nSPS) is 15.0. The molecular weight excluding hydrogens is 654 g/mol. The highest BCUT2D eigenvalue weighted by molar-refractivity contribution is 6.31. The molecule has 46 heavy (non-hydrogen) atoms. The SMILES string of the molecule is CN(C)CCn1c(=O)n(CC(F)(F)F)c2cc(NC(=O)c3cc(F)cc(C(F)(F)F)c3)c3c(c21)C(=O)NC3c1cc(F)ccc1Cl. The van der Waals surface area contributed by atoms with Crippen LogP contribution in [0.25, 0.3) is 11.0 Å². The first-order valence-electron chi connectivity index (χ1n) is 13.3. The van der Waals surface area contributed by atoms with Gasteiger partial charge in [0.2, 0.25) is 0 Å². The molecular formula is C29H22ClF8N5O3. The van der Waals surface area contributed by atoms with E-state index >= 15 is 0 Å². The van der Waals surface area contributed by atoms with Gasteiger partial charge < -0.3 is 15.5 Å². The molecule has 1 unspecified atom stereocenters. The van der Waals surface area contributed by atoms with Gasteiger partial charge in [-0.15, -0.1) is 0 Å². The van der Waals surface area contributed by atoms with Crippen LogP contribution in [0.1, 0.15) is 43.4 Å². The van der Waals surface area contributed by atoms with Crippen molar-refractivity contribution in [2.45, 2.75) is 31.5 Å². The lowest BCUT2D eigenvalue weighted by Gasteiger charge is -2.19. The van der Waals surface area contributed by atoms with E-state index in [-0.39, 0.29) is 46.4 Å². The van der Waals surface area contributed by atoms with E-state index in [2.05, 4.69) is 10.6 Å². The number of alkyl halides is 6. The summed E-state index contributed by atoms with van der Waals surface area (Å²) >= 11 is 6.31. The summed E-state index contributed by atoms with van der Waals surface area (Å²) in [7, 11) is 3.28. The van der Waals surface area contributed by atoms with Crippen molar-refractivity contribution in [3.63, 3.8) is 0 Å². The van der Waals surface area contributed by atoms with Gasteiger partial charge in [-0.2, -0.15) is 26.3 Å². The highest BCUT2D eigenvalue weighted by Crippen LogP contribution is 2.43. The molecule has 5 rings (SSSR count). The second-order valence-corrected chi connectivity index (χ2v) is 11.2. The molecule has 0 spiro atoms. The lowest BCUT2D eigenvalue weighted by molar-refractivity contribution is -0.140. The summed E-state index contributed by atoms with van der Waals surface area (Å²) in [6.07, 6.45) is -9.95. The van der Waals surface area contributed by atoms with Gasteiger partial charge in [-0.1, -0.05) is 11.6 Å². The third kappa shape index (κ3) is 6.31. The van der Waals surface area contributed by atoms with E-state index in [1.54, 1.807) is 19.0 Å². The molecule has 0 saturated heterocycles. The quantitative estimate of drug-likeness (QED) is 0.237. The Morgan fingerprint density at radius 2 is 1.67 bits per heavy atom. The number of imidazole rings is 1. The first kappa shape index (κ1) is 32.9. The molecule has 1 aliphatic rings. The van der Waals surface area contributed by atoms with Gasteiger partial charge >= 0.3 is 18.0 Å². The standard InChI is InChI=1S/C29H22ClF8N5O3/c1-41(2)5-6-42-24-20(43(27(42)46)12-28(33,34)35)11-19(39-25(44)13-7-14(29(36,37)38)9-16(32)8-13)21-22(24)26(45)40-23(21)17-10-15(31)3-4-18(17)30/h3-4,7-11,23H,5-6,12H2,1-2H3,(H,39,44)(H,40,45). The minimum absolute atomic E-state index is 0.0364. The smallest absolute Gasteiger partial charge is 0.341 e. The maximum atomic E-state index is 14.4. The molecule has 0 aliphatic carbocycles. The largest absolute Gasteiger partial charge is 0.416 e. The van der Waals surface area contributed by atoms with Gasteiger partial charge in [0.15, 0.2) is 0 Å². The highest BCUT2D eigenvalue weighted by Gasteiger charge is 2.40. The van der Waals surface area contributed by atoms with Gasteiger partial charge in [0.1, 0.15) is 18.2 Å². The monoisotopic (exact) mass is 675 g/mol. The Morgan fingerprint density at radius 3 is 2.30 bits per heavy atom. The Bertz CT molecular complexity index is 1950. The fraction of sp³-hybridized carbons (Fsp3) is 0.276. The van der Waals surface area contributed by atoms with Gasteiger partial charge in [0.05, 0.1) is 28.2 Å². The van der Waals surface area contributed by atoms with Crippen LogP contribution in [0.5, 0.6) is 0 Å². The van der Waals surface area contributed by atoms with Crippen molar-refractivity contribution in [3.8, 4) is 0 Å². The number of amides is 2. The van der Waals surface area contributed by atoms with Crippen LogP contribution < -0.4 is 16.3 Å². The van der Waals surface area contributed by atoms with E-state index in [0.29, 0.717) is 16.7 Å². The highest BCUT2D eigenvalue weighted by atomic mass is 35.5. The number of hydrogen-bond acceptors (Lipinski definition) is 4. The molecule has 2 heterocycles. The Hall–Kier alpha value is -4.44. The van der Waals surface area contributed by atoms with Crippen LogP contribution in [0.3, 0.4) is 0 Å². The van der Waals surface area contributed by atoms with Crippen LogP contribution in [-0.4, -0.2) is 52.7 Å². The van der Waals surface area contributed by atoms with Crippen LogP contribution in [0, 0.1) is 11.6 Å². The van der Waals surface area contributed by atoms with Crippen molar-refractivity contribution in [3.05, 3.63) is 97.4 Å². The molecule has 0 bridgehead atoms. The van der Waals surface area contributed by atoms with E-state index in [1.165, 1.54) is 6.07 Å². The Balaban J connectivity index is 1.81. The van der Waals surface area contributed by atoms with Crippen molar-refractivity contribution < 1.29 is 44.7 Å². The van der Waals surface area contributed by atoms with Crippen molar-refractivity contribution in [1.29, 1.82) is 0 Å². The average molecular weight is 676 g/mol. The number of fused-ring (bicyclic) bond motifs is 3. The summed E-state index contributed by atoms with van der Waals surface area (Å²) in [5, 5.41) is 4.75. The molecule has 3 aromatic carbocycles. The van der Waals surface area contributed by atoms with Crippen molar-refractivity contribution in [1.82, 2.24) is 19.4 Å². The lowest BCUT2D eigenvalue weighted by atomic mass is 9.95. The molecule has 0 fully saturated rings. The van der Waals surface area contributed by atoms with Crippen LogP contribution >= 0.6 is 11.6 Å². The minimum atomic E-state index is -5.03. The van der Waals surface area contributed by atoms with E-state index in [1.807, 2.05) is 0 Å². The predicted octanol–water partition coefficient (Wildman–Crippen LogP) is 5.96. The molecule has 1 aromatic heterocycles. The summed E-state index contributed by atoms with van der Waals surface area (Å²) in [4.78, 5) is 41.9. The number of hydrogen-bond donors (Lipinski definition) is 2. The zero-order valence-electron chi connectivity index (χ0n) is 23.7. The fourth-order valence-electron chi connectivity index (χ4n) is 5.29. The Labute approximate surface area is 259 Å². The number of halogens is 9. The van der Waals surface area contributed by atoms with Crippen LogP contribution in [0.4, 0.5) is 40.8 Å². The maximum Gasteiger partial charge on any atom is 0.416 e. The van der Waals surface area contributed by atoms with Crippen LogP contribution in [0.15, 0.2) is 47.3 Å². The number of likely N-dealkylation sites (N-methyl/N-ethyl adjacent to an activating group) is 1. The molecule has 0 radical (unpaired) electrons. The number of aromatic nitrogens is 2. The average Bonchev–Trinajstić information content (AvgIpc) is 3.41. The molecule has 244 valence electrons. The number of benzene rings is 3. The third-order valence-corrected chi connectivity index (χ3v) is 7.59. The molecule has 1 aliphatic heterocycles. The van der Waals surface area contributed by atoms with E-state index in [0.717, 1.165) is 22.8 Å². The second-order valence-electron chi connectivity index (χ2n) is 10.8. The summed E-state index contributed by atoms with van der Waals surface area (Å²) in [5.74, 6) is -4.44. The summed E-state index contributed by atoms with van der Waals surface area (Å²) in [6, 6.07) is 3.80. The number of nitrogens with zero attached hydrogens (tertiary/aromatic N) is 3. The number of carbonyl (C=O) groups is 2. The fourth-order valence-corrected chi connectivity index (χ4v) is 5.52. The first-order valence-corrected chi connectivity index (χ1v) is 13.7. The zero-order chi connectivity index (χ0) is 33.9. The number of rotatable bonds is 7. The number of nitrogens with one attached hydrogen (secondary N) is 2. The van der Waals surface area contributed by atoms with Gasteiger partial charge in [-0.3, -0.25) is 18.7 Å². The van der Waals surface area contributed by atoms with Gasteiger partial charge in [-0.05, 0) is 56.6 Å². The summed E-state index contributed by atoms with van der Waals surface area (Å²) < 4.78 is 111. The molecule has 0 saturated carbocycles. The van der Waals surface area contributed by atoms with E-state index < -0.39 is 76.4 Å². The minimum Gasteiger partial charge on any atom is -0.341 e. The molecule has 2 amide bonds. The molecule has 17 heteroatoms. The van der Waals surface area contributed by atoms with Crippen LogP contribution in [0.2, 0.25) is 5.02 Å². The lowest BCUT2D eigenvalue weighted by Crippen LogP contribution is -2.32. The molecule has 2 N–H and O–H groups in total. The van der Waals surface area contributed by atoms with E-state index in [9.17, 15) is 49.5 Å². The predicted molar refractivity (Wildman–Crippen MR) is 151 cm³/mol. The molecule has 1 atom stereocenters. The summed E-state index contributed by atoms with van der Waals surface area (Å²) in [6.45, 7) is -1.81. The van der Waals surface area contributed by atoms with Crippen molar-refractivity contribution >= 4 is 40.1 Å². The van der Waals surface area contributed by atoms with Crippen LogP contribution in [-0.2, 0) is 19.3 Å². The van der Waals surface area contributed by atoms with Gasteiger partial charge in [0, 0.05) is 40.5 Å². The topological polar surface area (TPSA) is 88.4 Å².